The van der Waals surface area contributed by atoms with E-state index in [2.05, 4.69) is 64.6 Å². The Morgan fingerprint density at radius 2 is 1.69 bits per heavy atom. The summed E-state index contributed by atoms with van der Waals surface area (Å²) in [4.78, 5) is 24.8. The fraction of sp³-hybridized carbons (Fsp3) is 0.310. The number of aryl methyl sites for hydroxylation is 1. The second kappa shape index (κ2) is 10.3. The highest BCUT2D eigenvalue weighted by Crippen LogP contribution is 2.26. The number of ether oxygens (including phenoxy) is 1. The van der Waals surface area contributed by atoms with E-state index in [0.717, 1.165) is 49.0 Å². The number of carbonyl (C=O) groups excluding carboxylic acids is 1. The Kier molecular flexibility index (Phi) is 6.80. The average molecular weight is 484 g/mol. The Morgan fingerprint density at radius 1 is 0.972 bits per heavy atom. The Bertz CT molecular complexity index is 1330. The van der Waals surface area contributed by atoms with Crippen LogP contribution in [0.4, 0.5) is 11.5 Å². The predicted molar refractivity (Wildman–Crippen MR) is 144 cm³/mol. The lowest BCUT2D eigenvalue weighted by atomic mass is 10.2. The number of para-hydroxylation sites is 1. The van der Waals surface area contributed by atoms with Gasteiger partial charge in [-0.1, -0.05) is 37.3 Å². The number of rotatable bonds is 7. The van der Waals surface area contributed by atoms with Crippen molar-refractivity contribution < 1.29 is 9.53 Å². The van der Waals surface area contributed by atoms with Gasteiger partial charge in [0.2, 0.25) is 0 Å². The zero-order valence-corrected chi connectivity index (χ0v) is 21.2. The summed E-state index contributed by atoms with van der Waals surface area (Å²) in [5.74, 6) is 1.94. The molecule has 4 aromatic rings. The van der Waals surface area contributed by atoms with E-state index in [-0.39, 0.29) is 5.91 Å². The van der Waals surface area contributed by atoms with Crippen LogP contribution in [0.1, 0.15) is 28.5 Å². The van der Waals surface area contributed by atoms with Crippen LogP contribution >= 0.6 is 0 Å². The van der Waals surface area contributed by atoms with Crippen molar-refractivity contribution in [1.29, 1.82) is 0 Å². The van der Waals surface area contributed by atoms with E-state index in [4.69, 9.17) is 9.72 Å². The molecule has 2 aromatic heterocycles. The zero-order valence-electron chi connectivity index (χ0n) is 21.2. The zero-order chi connectivity index (χ0) is 25.1. The standard InChI is InChI=1S/C29H33N5O2/c1-4-26-28(31(2)20-22-10-13-25(36-3)14-11-22)34-21-23(12-15-27(34)30-26)29(35)33-18-16-32(17-19-33)24-8-6-5-7-9-24/h5-15,21H,4,16-20H2,1-3H3. The number of aromatic nitrogens is 2. The molecule has 1 fully saturated rings. The molecular formula is C29H33N5O2. The van der Waals surface area contributed by atoms with Crippen LogP contribution < -0.4 is 14.5 Å². The van der Waals surface area contributed by atoms with Gasteiger partial charge < -0.3 is 19.4 Å². The normalized spacial score (nSPS) is 13.8. The molecule has 7 heteroatoms. The van der Waals surface area contributed by atoms with Crippen LogP contribution in [-0.2, 0) is 13.0 Å². The smallest absolute Gasteiger partial charge is 0.255 e. The van der Waals surface area contributed by atoms with Gasteiger partial charge in [0.1, 0.15) is 17.2 Å². The Hall–Kier alpha value is -4.00. The first-order valence-corrected chi connectivity index (χ1v) is 12.5. The molecule has 1 saturated heterocycles. The molecule has 0 radical (unpaired) electrons. The SMILES string of the molecule is CCc1nc2ccc(C(=O)N3CCN(c4ccccc4)CC3)cn2c1N(C)Cc1ccc(OC)cc1. The maximum atomic E-state index is 13.4. The molecule has 186 valence electrons. The number of anilines is 2. The lowest BCUT2D eigenvalue weighted by Gasteiger charge is -2.36. The highest BCUT2D eigenvalue weighted by molar-refractivity contribution is 5.94. The van der Waals surface area contributed by atoms with Gasteiger partial charge in [-0.15, -0.1) is 0 Å². The number of benzene rings is 2. The Morgan fingerprint density at radius 3 is 2.36 bits per heavy atom. The molecule has 3 heterocycles. The fourth-order valence-corrected chi connectivity index (χ4v) is 4.92. The quantitative estimate of drug-likeness (QED) is 0.387. The monoisotopic (exact) mass is 483 g/mol. The maximum absolute atomic E-state index is 13.4. The van der Waals surface area contributed by atoms with Crippen LogP contribution in [0.2, 0.25) is 0 Å². The van der Waals surface area contributed by atoms with Gasteiger partial charge in [0, 0.05) is 51.7 Å². The van der Waals surface area contributed by atoms with E-state index >= 15 is 0 Å². The van der Waals surface area contributed by atoms with Crippen molar-refractivity contribution in [3.05, 3.63) is 89.7 Å². The van der Waals surface area contributed by atoms with Crippen molar-refractivity contribution in [3.63, 3.8) is 0 Å². The molecule has 0 spiro atoms. The lowest BCUT2D eigenvalue weighted by Crippen LogP contribution is -2.48. The molecule has 0 saturated carbocycles. The molecule has 0 bridgehead atoms. The number of piperazine rings is 1. The molecule has 1 amide bonds. The van der Waals surface area contributed by atoms with Gasteiger partial charge >= 0.3 is 0 Å². The van der Waals surface area contributed by atoms with Gasteiger partial charge in [-0.2, -0.15) is 0 Å². The maximum Gasteiger partial charge on any atom is 0.255 e. The number of fused-ring (bicyclic) bond motifs is 1. The molecule has 2 aromatic carbocycles. The molecule has 0 atom stereocenters. The number of nitrogens with zero attached hydrogens (tertiary/aromatic N) is 5. The van der Waals surface area contributed by atoms with E-state index in [0.29, 0.717) is 18.7 Å². The molecule has 7 nitrogen and oxygen atoms in total. The van der Waals surface area contributed by atoms with E-state index in [1.807, 2.05) is 41.4 Å². The Balaban J connectivity index is 1.36. The molecular weight excluding hydrogens is 450 g/mol. The van der Waals surface area contributed by atoms with Gasteiger partial charge in [0.05, 0.1) is 18.4 Å². The van der Waals surface area contributed by atoms with Crippen LogP contribution in [0.3, 0.4) is 0 Å². The minimum absolute atomic E-state index is 0.0696. The van der Waals surface area contributed by atoms with Crippen LogP contribution in [-0.4, -0.2) is 60.5 Å². The van der Waals surface area contributed by atoms with Gasteiger partial charge in [-0.05, 0) is 48.4 Å². The van der Waals surface area contributed by atoms with Crippen molar-refractivity contribution in [2.75, 3.05) is 50.1 Å². The average Bonchev–Trinajstić information content (AvgIpc) is 3.32. The number of hydrogen-bond donors (Lipinski definition) is 0. The third-order valence-corrected chi connectivity index (χ3v) is 6.87. The van der Waals surface area contributed by atoms with Crippen LogP contribution in [0.5, 0.6) is 5.75 Å². The fourth-order valence-electron chi connectivity index (χ4n) is 4.92. The van der Waals surface area contributed by atoms with E-state index < -0.39 is 0 Å². The predicted octanol–water partition coefficient (Wildman–Crippen LogP) is 4.50. The van der Waals surface area contributed by atoms with Crippen LogP contribution in [0, 0.1) is 0 Å². The van der Waals surface area contributed by atoms with Gasteiger partial charge in [-0.25, -0.2) is 4.98 Å². The van der Waals surface area contributed by atoms with E-state index in [1.54, 1.807) is 7.11 Å². The summed E-state index contributed by atoms with van der Waals surface area (Å²) in [6.07, 6.45) is 2.77. The summed E-state index contributed by atoms with van der Waals surface area (Å²) in [6, 6.07) is 22.4. The molecule has 0 unspecified atom stereocenters. The lowest BCUT2D eigenvalue weighted by molar-refractivity contribution is 0.0746. The number of hydrogen-bond acceptors (Lipinski definition) is 5. The van der Waals surface area contributed by atoms with Gasteiger partial charge in [-0.3, -0.25) is 9.20 Å². The van der Waals surface area contributed by atoms with Gasteiger partial charge in [0.15, 0.2) is 0 Å². The van der Waals surface area contributed by atoms with Crippen LogP contribution in [0.25, 0.3) is 5.65 Å². The molecule has 0 N–H and O–H groups in total. The topological polar surface area (TPSA) is 53.3 Å². The molecule has 5 rings (SSSR count). The van der Waals surface area contributed by atoms with Crippen molar-refractivity contribution >= 4 is 23.1 Å². The molecule has 1 aliphatic heterocycles. The van der Waals surface area contributed by atoms with Crippen molar-refractivity contribution in [2.45, 2.75) is 19.9 Å². The van der Waals surface area contributed by atoms with Crippen LogP contribution in [0.15, 0.2) is 72.9 Å². The molecule has 1 aliphatic rings. The van der Waals surface area contributed by atoms with Crippen molar-refractivity contribution in [3.8, 4) is 5.75 Å². The summed E-state index contributed by atoms with van der Waals surface area (Å²) in [6.45, 7) is 5.92. The molecule has 36 heavy (non-hydrogen) atoms. The van der Waals surface area contributed by atoms with Crippen molar-refractivity contribution in [2.24, 2.45) is 0 Å². The van der Waals surface area contributed by atoms with E-state index in [9.17, 15) is 4.79 Å². The second-order valence-corrected chi connectivity index (χ2v) is 9.20. The largest absolute Gasteiger partial charge is 0.497 e. The third-order valence-electron chi connectivity index (χ3n) is 6.87. The highest BCUT2D eigenvalue weighted by atomic mass is 16.5. The minimum Gasteiger partial charge on any atom is -0.497 e. The second-order valence-electron chi connectivity index (χ2n) is 9.20. The first-order chi connectivity index (χ1) is 17.6. The number of carbonyl (C=O) groups is 1. The summed E-state index contributed by atoms with van der Waals surface area (Å²) in [5.41, 5.74) is 4.95. The Labute approximate surface area is 212 Å². The minimum atomic E-state index is 0.0696. The van der Waals surface area contributed by atoms with Gasteiger partial charge in [0.25, 0.3) is 5.91 Å². The number of imidazole rings is 1. The summed E-state index contributed by atoms with van der Waals surface area (Å²) in [7, 11) is 3.75. The first-order valence-electron chi connectivity index (χ1n) is 12.5. The summed E-state index contributed by atoms with van der Waals surface area (Å²) in [5, 5.41) is 0. The molecule has 0 aliphatic carbocycles. The number of amides is 1. The number of methoxy groups -OCH3 is 1. The van der Waals surface area contributed by atoms with Crippen molar-refractivity contribution in [1.82, 2.24) is 14.3 Å². The highest BCUT2D eigenvalue weighted by Gasteiger charge is 2.24. The number of pyridine rings is 1. The van der Waals surface area contributed by atoms with E-state index in [1.165, 1.54) is 11.3 Å². The third kappa shape index (κ3) is 4.73. The summed E-state index contributed by atoms with van der Waals surface area (Å²) < 4.78 is 7.35. The summed E-state index contributed by atoms with van der Waals surface area (Å²) >= 11 is 0. The first kappa shape index (κ1) is 23.7.